The minimum Gasteiger partial charge on any atom is -0.354 e. The minimum absolute atomic E-state index is 0.0164. The summed E-state index contributed by atoms with van der Waals surface area (Å²) in [6.45, 7) is 4.35. The Hall–Kier alpha value is -1.63. The van der Waals surface area contributed by atoms with E-state index in [0.29, 0.717) is 17.1 Å². The van der Waals surface area contributed by atoms with Crippen LogP contribution in [-0.2, 0) is 6.18 Å². The van der Waals surface area contributed by atoms with E-state index in [1.165, 1.54) is 11.3 Å². The van der Waals surface area contributed by atoms with Gasteiger partial charge in [-0.05, 0) is 31.5 Å². The van der Waals surface area contributed by atoms with Gasteiger partial charge in [-0.2, -0.15) is 13.2 Å². The van der Waals surface area contributed by atoms with E-state index in [4.69, 9.17) is 0 Å². The van der Waals surface area contributed by atoms with E-state index >= 15 is 0 Å². The number of anilines is 1. The third-order valence-electron chi connectivity index (χ3n) is 2.54. The molecule has 0 saturated carbocycles. The maximum atomic E-state index is 12.9. The Labute approximate surface area is 118 Å². The largest absolute Gasteiger partial charge is 0.433 e. The first-order valence-electron chi connectivity index (χ1n) is 6.17. The van der Waals surface area contributed by atoms with Crippen LogP contribution in [0.1, 0.15) is 23.9 Å². The molecule has 0 spiro atoms. The van der Waals surface area contributed by atoms with Crippen molar-refractivity contribution in [2.75, 3.05) is 11.9 Å². The van der Waals surface area contributed by atoms with Crippen LogP contribution in [0.4, 0.5) is 19.1 Å². The second-order valence-electron chi connectivity index (χ2n) is 4.30. The van der Waals surface area contributed by atoms with Gasteiger partial charge in [0.2, 0.25) is 5.95 Å². The highest BCUT2D eigenvalue weighted by atomic mass is 32.1. The zero-order valence-corrected chi connectivity index (χ0v) is 11.9. The molecule has 0 unspecified atom stereocenters. The molecule has 0 atom stereocenters. The van der Waals surface area contributed by atoms with Crippen molar-refractivity contribution in [3.63, 3.8) is 0 Å². The zero-order chi connectivity index (χ0) is 14.8. The average molecular weight is 301 g/mol. The Kier molecular flexibility index (Phi) is 4.27. The summed E-state index contributed by atoms with van der Waals surface area (Å²) >= 11 is 1.41. The van der Waals surface area contributed by atoms with Crippen LogP contribution in [0.3, 0.4) is 0 Å². The molecule has 0 aliphatic rings. The number of hydrogen-bond donors (Lipinski definition) is 1. The lowest BCUT2D eigenvalue weighted by Gasteiger charge is -2.10. The van der Waals surface area contributed by atoms with Gasteiger partial charge in [0.05, 0.1) is 10.6 Å². The third-order valence-corrected chi connectivity index (χ3v) is 3.57. The number of nitrogens with one attached hydrogen (secondary N) is 1. The van der Waals surface area contributed by atoms with Gasteiger partial charge in [-0.15, -0.1) is 11.3 Å². The highest BCUT2D eigenvalue weighted by Gasteiger charge is 2.33. The van der Waals surface area contributed by atoms with Gasteiger partial charge < -0.3 is 5.32 Å². The van der Waals surface area contributed by atoms with E-state index in [1.54, 1.807) is 6.07 Å². The molecular weight excluding hydrogens is 287 g/mol. The molecule has 0 bridgehead atoms. The van der Waals surface area contributed by atoms with Gasteiger partial charge in [0, 0.05) is 11.4 Å². The van der Waals surface area contributed by atoms with Gasteiger partial charge in [0.15, 0.2) is 5.69 Å². The van der Waals surface area contributed by atoms with Crippen molar-refractivity contribution in [3.8, 4) is 10.6 Å². The van der Waals surface area contributed by atoms with E-state index in [2.05, 4.69) is 15.3 Å². The predicted molar refractivity (Wildman–Crippen MR) is 73.9 cm³/mol. The smallest absolute Gasteiger partial charge is 0.354 e. The normalized spacial score (nSPS) is 11.7. The minimum atomic E-state index is -4.48. The van der Waals surface area contributed by atoms with Crippen LogP contribution in [-0.4, -0.2) is 16.5 Å². The number of rotatable bonds is 4. The van der Waals surface area contributed by atoms with E-state index in [0.717, 1.165) is 17.4 Å². The van der Waals surface area contributed by atoms with Gasteiger partial charge in [-0.3, -0.25) is 0 Å². The van der Waals surface area contributed by atoms with Gasteiger partial charge in [0.1, 0.15) is 0 Å². The maximum Gasteiger partial charge on any atom is 0.433 e. The number of alkyl halides is 3. The van der Waals surface area contributed by atoms with E-state index in [9.17, 15) is 13.2 Å². The first-order chi connectivity index (χ1) is 9.40. The Balaban J connectivity index is 2.45. The fraction of sp³-hybridized carbons (Fsp3) is 0.385. The molecule has 7 heteroatoms. The predicted octanol–water partition coefficient (Wildman–Crippen LogP) is 4.35. The van der Waals surface area contributed by atoms with Crippen LogP contribution in [0.15, 0.2) is 18.2 Å². The molecule has 108 valence electrons. The van der Waals surface area contributed by atoms with Gasteiger partial charge >= 0.3 is 6.18 Å². The van der Waals surface area contributed by atoms with Crippen molar-refractivity contribution in [2.45, 2.75) is 26.4 Å². The van der Waals surface area contributed by atoms with Crippen LogP contribution in [0.25, 0.3) is 10.6 Å². The molecule has 0 saturated heterocycles. The molecule has 0 aromatic carbocycles. The lowest BCUT2D eigenvalue weighted by molar-refractivity contribution is -0.141. The molecule has 0 amide bonds. The fourth-order valence-corrected chi connectivity index (χ4v) is 2.43. The zero-order valence-electron chi connectivity index (χ0n) is 11.1. The number of nitrogens with zero attached hydrogens (tertiary/aromatic N) is 2. The summed E-state index contributed by atoms with van der Waals surface area (Å²) in [6, 6.07) is 4.61. The number of thiophene rings is 1. The van der Waals surface area contributed by atoms with Crippen LogP contribution in [0.2, 0.25) is 0 Å². The van der Waals surface area contributed by atoms with Crippen LogP contribution in [0.5, 0.6) is 0 Å². The highest BCUT2D eigenvalue weighted by molar-refractivity contribution is 7.15. The second kappa shape index (κ2) is 5.78. The molecule has 2 aromatic heterocycles. The van der Waals surface area contributed by atoms with E-state index in [-0.39, 0.29) is 5.95 Å². The molecule has 2 aromatic rings. The standard InChI is InChI=1S/C13H14F3N3S/c1-3-6-17-12-18-9(10-5-4-8(2)20-10)7-11(19-12)13(14,15)16/h4-5,7H,3,6H2,1-2H3,(H,17,18,19). The van der Waals surface area contributed by atoms with Crippen molar-refractivity contribution in [3.05, 3.63) is 28.8 Å². The van der Waals surface area contributed by atoms with Crippen LogP contribution >= 0.6 is 11.3 Å². The molecule has 0 radical (unpaired) electrons. The van der Waals surface area contributed by atoms with Crippen LogP contribution < -0.4 is 5.32 Å². The second-order valence-corrected chi connectivity index (χ2v) is 5.58. The molecule has 20 heavy (non-hydrogen) atoms. The summed E-state index contributed by atoms with van der Waals surface area (Å²) in [7, 11) is 0. The molecule has 1 N–H and O–H groups in total. The number of aryl methyl sites for hydroxylation is 1. The summed E-state index contributed by atoms with van der Waals surface area (Å²) in [4.78, 5) is 9.42. The topological polar surface area (TPSA) is 37.8 Å². The number of aromatic nitrogens is 2. The molecule has 2 rings (SSSR count). The lowest BCUT2D eigenvalue weighted by Crippen LogP contribution is -2.13. The summed E-state index contributed by atoms with van der Waals surface area (Å²) in [5.41, 5.74) is -0.629. The molecular formula is C13H14F3N3S. The van der Waals surface area contributed by atoms with Crippen molar-refractivity contribution >= 4 is 17.3 Å². The Morgan fingerprint density at radius 1 is 1.25 bits per heavy atom. The van der Waals surface area contributed by atoms with Crippen molar-refractivity contribution < 1.29 is 13.2 Å². The Bertz CT molecular complexity index is 593. The Morgan fingerprint density at radius 3 is 2.55 bits per heavy atom. The molecule has 0 aliphatic carbocycles. The van der Waals surface area contributed by atoms with Gasteiger partial charge in [0.25, 0.3) is 0 Å². The summed E-state index contributed by atoms with van der Waals surface area (Å²) in [5.74, 6) is 0.0164. The van der Waals surface area contributed by atoms with Crippen molar-refractivity contribution in [1.29, 1.82) is 0 Å². The maximum absolute atomic E-state index is 12.9. The number of halogens is 3. The molecule has 0 aliphatic heterocycles. The summed E-state index contributed by atoms with van der Waals surface area (Å²) in [6.07, 6.45) is -3.69. The Morgan fingerprint density at radius 2 is 2.00 bits per heavy atom. The third kappa shape index (κ3) is 3.47. The monoisotopic (exact) mass is 301 g/mol. The van der Waals surface area contributed by atoms with Crippen LogP contribution in [0, 0.1) is 6.92 Å². The SMILES string of the molecule is CCCNc1nc(-c2ccc(C)s2)cc(C(F)(F)F)n1. The van der Waals surface area contributed by atoms with E-state index < -0.39 is 11.9 Å². The molecule has 0 fully saturated rings. The van der Waals surface area contributed by atoms with Crippen molar-refractivity contribution in [2.24, 2.45) is 0 Å². The average Bonchev–Trinajstić information content (AvgIpc) is 2.82. The quantitative estimate of drug-likeness (QED) is 0.912. The molecule has 2 heterocycles. The molecule has 3 nitrogen and oxygen atoms in total. The van der Waals surface area contributed by atoms with Crippen molar-refractivity contribution in [1.82, 2.24) is 9.97 Å². The lowest BCUT2D eigenvalue weighted by atomic mass is 10.2. The highest BCUT2D eigenvalue weighted by Crippen LogP contribution is 2.33. The van der Waals surface area contributed by atoms with E-state index in [1.807, 2.05) is 19.9 Å². The summed E-state index contributed by atoms with van der Waals surface area (Å²) in [5, 5.41) is 2.81. The fourth-order valence-electron chi connectivity index (χ4n) is 1.61. The first-order valence-corrected chi connectivity index (χ1v) is 6.98. The number of hydrogen-bond acceptors (Lipinski definition) is 4. The first kappa shape index (κ1) is 14.8. The summed E-state index contributed by atoms with van der Waals surface area (Å²) < 4.78 is 38.6. The van der Waals surface area contributed by atoms with Gasteiger partial charge in [-0.1, -0.05) is 6.92 Å². The van der Waals surface area contributed by atoms with Gasteiger partial charge in [-0.25, -0.2) is 9.97 Å².